The zero-order chi connectivity index (χ0) is 13.0. The number of hydrogen-bond acceptors (Lipinski definition) is 3. The number of ether oxygens (including phenoxy) is 1. The van der Waals surface area contributed by atoms with E-state index < -0.39 is 0 Å². The van der Waals surface area contributed by atoms with E-state index in [-0.39, 0.29) is 12.5 Å². The summed E-state index contributed by atoms with van der Waals surface area (Å²) >= 11 is 0. The first-order valence-corrected chi connectivity index (χ1v) is 6.39. The molecule has 2 N–H and O–H groups in total. The Kier molecular flexibility index (Phi) is 4.20. The highest BCUT2D eigenvalue weighted by Gasteiger charge is 2.11. The third-order valence-electron chi connectivity index (χ3n) is 3.31. The molecule has 1 aliphatic heterocycles. The Bertz CT molecular complexity index is 432. The van der Waals surface area contributed by atoms with Gasteiger partial charge in [0.05, 0.1) is 13.2 Å². The maximum atomic E-state index is 11.3. The molecule has 0 saturated heterocycles. The highest BCUT2D eigenvalue weighted by atomic mass is 16.5. The number of fused-ring (bicyclic) bond motifs is 1. The summed E-state index contributed by atoms with van der Waals surface area (Å²) in [4.78, 5) is 13.0. The van der Waals surface area contributed by atoms with Crippen LogP contribution in [0.5, 0.6) is 5.75 Å². The molecular weight excluding hydrogens is 228 g/mol. The lowest BCUT2D eigenvalue weighted by atomic mass is 10.0. The molecule has 0 aromatic heterocycles. The van der Waals surface area contributed by atoms with Gasteiger partial charge in [-0.25, -0.2) is 0 Å². The van der Waals surface area contributed by atoms with Crippen LogP contribution < -0.4 is 10.5 Å². The van der Waals surface area contributed by atoms with Gasteiger partial charge in [-0.05, 0) is 36.5 Å². The largest absolute Gasteiger partial charge is 0.493 e. The number of carbonyl (C=O) groups excluding carboxylic acids is 1. The van der Waals surface area contributed by atoms with Crippen molar-refractivity contribution in [3.8, 4) is 5.75 Å². The molecule has 0 bridgehead atoms. The minimum absolute atomic E-state index is 0.0173. The summed E-state index contributed by atoms with van der Waals surface area (Å²) in [5, 5.41) is 0. The molecule has 1 aliphatic rings. The van der Waals surface area contributed by atoms with Crippen LogP contribution in [0, 0.1) is 0 Å². The topological polar surface area (TPSA) is 55.6 Å². The first-order valence-electron chi connectivity index (χ1n) is 6.39. The zero-order valence-corrected chi connectivity index (χ0v) is 10.8. The molecule has 0 fully saturated rings. The minimum atomic E-state index is -0.0173. The van der Waals surface area contributed by atoms with Gasteiger partial charge >= 0.3 is 0 Å². The second kappa shape index (κ2) is 5.87. The van der Waals surface area contributed by atoms with Gasteiger partial charge in [0.2, 0.25) is 5.91 Å². The van der Waals surface area contributed by atoms with Crippen LogP contribution in [0.4, 0.5) is 0 Å². The second-order valence-electron chi connectivity index (χ2n) is 4.66. The molecule has 4 heteroatoms. The maximum Gasteiger partial charge on any atom is 0.236 e. The molecule has 2 rings (SSSR count). The minimum Gasteiger partial charge on any atom is -0.493 e. The standard InChI is InChI=1S/C14H20N2O2/c1-16(14(17)10-15)7-6-11-4-5-13-12(9-11)3-2-8-18-13/h4-5,9H,2-3,6-8,10,15H2,1H3. The molecule has 0 aliphatic carbocycles. The van der Waals surface area contributed by atoms with Gasteiger partial charge in [0, 0.05) is 13.6 Å². The molecule has 0 saturated carbocycles. The van der Waals surface area contributed by atoms with Crippen LogP contribution in [0.3, 0.4) is 0 Å². The predicted octanol–water partition coefficient (Wildman–Crippen LogP) is 0.971. The van der Waals surface area contributed by atoms with Gasteiger partial charge in [-0.15, -0.1) is 0 Å². The molecule has 4 nitrogen and oxygen atoms in total. The summed E-state index contributed by atoms with van der Waals surface area (Å²) in [6.45, 7) is 1.60. The third-order valence-corrected chi connectivity index (χ3v) is 3.31. The number of nitrogens with zero attached hydrogens (tertiary/aromatic N) is 1. The molecule has 1 amide bonds. The van der Waals surface area contributed by atoms with E-state index in [0.717, 1.165) is 31.6 Å². The molecule has 98 valence electrons. The van der Waals surface area contributed by atoms with E-state index >= 15 is 0 Å². The molecular formula is C14H20N2O2. The van der Waals surface area contributed by atoms with E-state index in [1.54, 1.807) is 11.9 Å². The van der Waals surface area contributed by atoms with Crippen molar-refractivity contribution in [2.75, 3.05) is 26.7 Å². The number of amides is 1. The lowest BCUT2D eigenvalue weighted by Crippen LogP contribution is -2.34. The molecule has 0 atom stereocenters. The second-order valence-corrected chi connectivity index (χ2v) is 4.66. The number of nitrogens with two attached hydrogens (primary N) is 1. The normalized spacial score (nSPS) is 13.7. The number of aryl methyl sites for hydroxylation is 1. The van der Waals surface area contributed by atoms with Crippen LogP contribution in [0.15, 0.2) is 18.2 Å². The van der Waals surface area contributed by atoms with Crippen LogP contribution in [-0.2, 0) is 17.6 Å². The number of hydrogen-bond donors (Lipinski definition) is 1. The van der Waals surface area contributed by atoms with Gasteiger partial charge < -0.3 is 15.4 Å². The number of rotatable bonds is 4. The van der Waals surface area contributed by atoms with E-state index in [4.69, 9.17) is 10.5 Å². The quantitative estimate of drug-likeness (QED) is 0.864. The van der Waals surface area contributed by atoms with E-state index in [2.05, 4.69) is 12.1 Å². The predicted molar refractivity (Wildman–Crippen MR) is 70.7 cm³/mol. The lowest BCUT2D eigenvalue weighted by molar-refractivity contribution is -0.128. The van der Waals surface area contributed by atoms with Crippen molar-refractivity contribution in [2.45, 2.75) is 19.3 Å². The van der Waals surface area contributed by atoms with Crippen LogP contribution in [-0.4, -0.2) is 37.6 Å². The summed E-state index contributed by atoms with van der Waals surface area (Å²) in [5.41, 5.74) is 7.86. The Morgan fingerprint density at radius 1 is 1.50 bits per heavy atom. The fourth-order valence-corrected chi connectivity index (χ4v) is 2.15. The van der Waals surface area contributed by atoms with Crippen molar-refractivity contribution >= 4 is 5.91 Å². The van der Waals surface area contributed by atoms with Crippen molar-refractivity contribution < 1.29 is 9.53 Å². The summed E-state index contributed by atoms with van der Waals surface area (Å²) in [5.74, 6) is 0.993. The maximum absolute atomic E-state index is 11.3. The van der Waals surface area contributed by atoms with E-state index in [1.165, 1.54) is 11.1 Å². The van der Waals surface area contributed by atoms with Gasteiger partial charge in [-0.2, -0.15) is 0 Å². The average Bonchev–Trinajstić information content (AvgIpc) is 2.43. The Balaban J connectivity index is 1.96. The Morgan fingerprint density at radius 2 is 2.33 bits per heavy atom. The van der Waals surface area contributed by atoms with Crippen LogP contribution in [0.1, 0.15) is 17.5 Å². The third kappa shape index (κ3) is 3.01. The fraction of sp³-hybridized carbons (Fsp3) is 0.500. The highest BCUT2D eigenvalue weighted by Crippen LogP contribution is 2.25. The van der Waals surface area contributed by atoms with Gasteiger partial charge in [0.1, 0.15) is 5.75 Å². The van der Waals surface area contributed by atoms with Crippen molar-refractivity contribution in [1.29, 1.82) is 0 Å². The Labute approximate surface area is 108 Å². The van der Waals surface area contributed by atoms with Crippen LogP contribution in [0.2, 0.25) is 0 Å². The first-order chi connectivity index (χ1) is 8.70. The summed E-state index contributed by atoms with van der Waals surface area (Å²) < 4.78 is 5.58. The van der Waals surface area contributed by atoms with E-state index in [0.29, 0.717) is 6.54 Å². The van der Waals surface area contributed by atoms with Crippen LogP contribution in [0.25, 0.3) is 0 Å². The van der Waals surface area contributed by atoms with Crippen molar-refractivity contribution in [2.24, 2.45) is 5.73 Å². The lowest BCUT2D eigenvalue weighted by Gasteiger charge is -2.19. The van der Waals surface area contributed by atoms with Crippen LogP contribution >= 0.6 is 0 Å². The molecule has 0 spiro atoms. The fourth-order valence-electron chi connectivity index (χ4n) is 2.15. The van der Waals surface area contributed by atoms with E-state index in [1.807, 2.05) is 6.07 Å². The average molecular weight is 248 g/mol. The van der Waals surface area contributed by atoms with Gasteiger partial charge in [-0.1, -0.05) is 12.1 Å². The highest BCUT2D eigenvalue weighted by molar-refractivity contribution is 5.77. The number of likely N-dealkylation sites (N-methyl/N-ethyl adjacent to an activating group) is 1. The zero-order valence-electron chi connectivity index (χ0n) is 10.8. The monoisotopic (exact) mass is 248 g/mol. The van der Waals surface area contributed by atoms with E-state index in [9.17, 15) is 4.79 Å². The van der Waals surface area contributed by atoms with Gasteiger partial charge in [0.15, 0.2) is 0 Å². The molecule has 18 heavy (non-hydrogen) atoms. The SMILES string of the molecule is CN(CCc1ccc2c(c1)CCCO2)C(=O)CN. The number of carbonyl (C=O) groups is 1. The summed E-state index contributed by atoms with van der Waals surface area (Å²) in [6.07, 6.45) is 3.03. The summed E-state index contributed by atoms with van der Waals surface area (Å²) in [7, 11) is 1.79. The molecule has 1 heterocycles. The summed E-state index contributed by atoms with van der Waals surface area (Å²) in [6, 6.07) is 6.30. The smallest absolute Gasteiger partial charge is 0.236 e. The first kappa shape index (κ1) is 12.9. The molecule has 0 unspecified atom stereocenters. The van der Waals surface area contributed by atoms with Gasteiger partial charge in [-0.3, -0.25) is 4.79 Å². The Hall–Kier alpha value is -1.55. The van der Waals surface area contributed by atoms with Crippen molar-refractivity contribution in [1.82, 2.24) is 4.90 Å². The van der Waals surface area contributed by atoms with Crippen molar-refractivity contribution in [3.63, 3.8) is 0 Å². The Morgan fingerprint density at radius 3 is 3.11 bits per heavy atom. The van der Waals surface area contributed by atoms with Gasteiger partial charge in [0.25, 0.3) is 0 Å². The molecule has 1 aromatic carbocycles. The number of benzene rings is 1. The van der Waals surface area contributed by atoms with Crippen molar-refractivity contribution in [3.05, 3.63) is 29.3 Å². The molecule has 0 radical (unpaired) electrons. The molecule has 1 aromatic rings.